The predicted octanol–water partition coefficient (Wildman–Crippen LogP) is 8.12. The van der Waals surface area contributed by atoms with Gasteiger partial charge < -0.3 is 0 Å². The first-order valence-corrected chi connectivity index (χ1v) is 12.0. The van der Waals surface area contributed by atoms with E-state index in [1.807, 2.05) is 59.7 Å². The van der Waals surface area contributed by atoms with Gasteiger partial charge in [-0.05, 0) is 25.1 Å². The van der Waals surface area contributed by atoms with Crippen molar-refractivity contribution in [3.63, 3.8) is 0 Å². The first-order chi connectivity index (χ1) is 15.3. The molecule has 3 rings (SSSR count). The Balaban J connectivity index is 0.00000138. The van der Waals surface area contributed by atoms with E-state index in [1.165, 1.54) is 12.0 Å². The molecule has 0 aliphatic rings. The first-order valence-electron chi connectivity index (χ1n) is 12.0. The molecule has 0 saturated heterocycles. The van der Waals surface area contributed by atoms with Gasteiger partial charge in [-0.15, -0.1) is 0 Å². The lowest BCUT2D eigenvalue weighted by Crippen LogP contribution is -2.23. The van der Waals surface area contributed by atoms with Crippen molar-refractivity contribution in [1.29, 1.82) is 0 Å². The maximum atomic E-state index is 4.59. The minimum Gasteiger partial charge on any atom is -0.299 e. The number of hydrogen-bond acceptors (Lipinski definition) is 3. The monoisotopic (exact) mass is 421 g/mol. The average molecular weight is 422 g/mol. The van der Waals surface area contributed by atoms with Gasteiger partial charge in [-0.25, -0.2) is 0 Å². The molecule has 0 N–H and O–H groups in total. The fourth-order valence-corrected chi connectivity index (χ4v) is 3.05. The smallest absolute Gasteiger partial charge is 0.0965 e. The second-order valence-electron chi connectivity index (χ2n) is 6.19. The maximum Gasteiger partial charge on any atom is 0.0965 e. The summed E-state index contributed by atoms with van der Waals surface area (Å²) in [5, 5.41) is 0. The zero-order valence-electron chi connectivity index (χ0n) is 21.0. The summed E-state index contributed by atoms with van der Waals surface area (Å²) in [6.45, 7) is 19.7. The van der Waals surface area contributed by atoms with Crippen LogP contribution < -0.4 is 0 Å². The molecule has 0 aliphatic carbocycles. The Morgan fingerprint density at radius 2 is 1.13 bits per heavy atom. The van der Waals surface area contributed by atoms with E-state index in [4.69, 9.17) is 0 Å². The highest BCUT2D eigenvalue weighted by atomic mass is 15.1. The SMILES string of the molecule is CC.CC.CC.CCCN(CC)Cc1ccc(-c2nccnc2-c2ccccc2)cc1. The Bertz CT molecular complexity index is 783. The quantitative estimate of drug-likeness (QED) is 0.385. The van der Waals surface area contributed by atoms with Gasteiger partial charge in [-0.2, -0.15) is 0 Å². The molecule has 1 heterocycles. The lowest BCUT2D eigenvalue weighted by Gasteiger charge is -2.19. The highest BCUT2D eigenvalue weighted by Gasteiger charge is 2.10. The van der Waals surface area contributed by atoms with E-state index >= 15 is 0 Å². The van der Waals surface area contributed by atoms with Crippen LogP contribution in [0.3, 0.4) is 0 Å². The van der Waals surface area contributed by atoms with Crippen molar-refractivity contribution in [2.45, 2.75) is 68.4 Å². The number of hydrogen-bond donors (Lipinski definition) is 0. The summed E-state index contributed by atoms with van der Waals surface area (Å²) in [4.78, 5) is 11.6. The van der Waals surface area contributed by atoms with E-state index in [-0.39, 0.29) is 0 Å². The molecule has 3 nitrogen and oxygen atoms in total. The molecule has 0 atom stereocenters. The van der Waals surface area contributed by atoms with Crippen molar-refractivity contribution in [2.24, 2.45) is 0 Å². The predicted molar refractivity (Wildman–Crippen MR) is 138 cm³/mol. The summed E-state index contributed by atoms with van der Waals surface area (Å²) < 4.78 is 0. The van der Waals surface area contributed by atoms with Crippen LogP contribution >= 0.6 is 0 Å². The first kappa shape index (κ1) is 28.5. The summed E-state index contributed by atoms with van der Waals surface area (Å²) in [6, 6.07) is 19.0. The molecular formula is C28H43N3. The molecule has 0 unspecified atom stereocenters. The summed E-state index contributed by atoms with van der Waals surface area (Å²) in [5.41, 5.74) is 5.39. The van der Waals surface area contributed by atoms with Gasteiger partial charge in [-0.3, -0.25) is 14.9 Å². The van der Waals surface area contributed by atoms with Crippen LogP contribution in [0.2, 0.25) is 0 Å². The third-order valence-electron chi connectivity index (χ3n) is 4.37. The number of nitrogens with zero attached hydrogens (tertiary/aromatic N) is 3. The van der Waals surface area contributed by atoms with Crippen molar-refractivity contribution >= 4 is 0 Å². The Kier molecular flexibility index (Phi) is 16.8. The molecule has 0 bridgehead atoms. The molecule has 3 heteroatoms. The van der Waals surface area contributed by atoms with E-state index in [1.54, 1.807) is 12.4 Å². The van der Waals surface area contributed by atoms with Crippen LogP contribution in [0, 0.1) is 0 Å². The highest BCUT2D eigenvalue weighted by molar-refractivity contribution is 5.77. The fourth-order valence-electron chi connectivity index (χ4n) is 3.05. The highest BCUT2D eigenvalue weighted by Crippen LogP contribution is 2.28. The molecule has 2 aromatic carbocycles. The van der Waals surface area contributed by atoms with Gasteiger partial charge >= 0.3 is 0 Å². The molecule has 31 heavy (non-hydrogen) atoms. The molecule has 0 amide bonds. The topological polar surface area (TPSA) is 29.0 Å². The summed E-state index contributed by atoms with van der Waals surface area (Å²) in [5.74, 6) is 0. The number of rotatable bonds is 7. The van der Waals surface area contributed by atoms with E-state index < -0.39 is 0 Å². The Hall–Kier alpha value is -2.52. The van der Waals surface area contributed by atoms with Crippen LogP contribution in [-0.4, -0.2) is 28.0 Å². The standard InChI is InChI=1S/C22H25N3.3C2H6/c1-3-16-25(4-2)17-18-10-12-20(13-11-18)22-21(23-14-15-24-22)19-8-6-5-7-9-19;3*1-2/h5-15H,3-4,16-17H2,1-2H3;3*1-2H3. The minimum absolute atomic E-state index is 0.928. The lowest BCUT2D eigenvalue weighted by atomic mass is 10.0. The van der Waals surface area contributed by atoms with Crippen LogP contribution in [0.5, 0.6) is 0 Å². The maximum absolute atomic E-state index is 4.59. The van der Waals surface area contributed by atoms with Crippen LogP contribution in [0.25, 0.3) is 22.5 Å². The molecule has 1 aromatic heterocycles. The van der Waals surface area contributed by atoms with Crippen LogP contribution in [0.1, 0.15) is 67.4 Å². The van der Waals surface area contributed by atoms with Crippen molar-refractivity contribution in [1.82, 2.24) is 14.9 Å². The van der Waals surface area contributed by atoms with Crippen LogP contribution in [0.4, 0.5) is 0 Å². The van der Waals surface area contributed by atoms with Gasteiger partial charge in [0.1, 0.15) is 0 Å². The molecule has 0 aliphatic heterocycles. The molecule has 0 spiro atoms. The van der Waals surface area contributed by atoms with Gasteiger partial charge in [0.2, 0.25) is 0 Å². The van der Waals surface area contributed by atoms with Crippen molar-refractivity contribution < 1.29 is 0 Å². The zero-order chi connectivity index (χ0) is 23.5. The second kappa shape index (κ2) is 18.3. The van der Waals surface area contributed by atoms with Crippen molar-refractivity contribution in [3.8, 4) is 22.5 Å². The van der Waals surface area contributed by atoms with E-state index in [0.717, 1.165) is 42.1 Å². The van der Waals surface area contributed by atoms with Crippen molar-refractivity contribution in [2.75, 3.05) is 13.1 Å². The second-order valence-corrected chi connectivity index (χ2v) is 6.19. The van der Waals surface area contributed by atoms with Crippen LogP contribution in [-0.2, 0) is 6.54 Å². The average Bonchev–Trinajstić information content (AvgIpc) is 2.88. The number of benzene rings is 2. The van der Waals surface area contributed by atoms with Crippen molar-refractivity contribution in [3.05, 3.63) is 72.6 Å². The normalized spacial score (nSPS) is 9.45. The van der Waals surface area contributed by atoms with Gasteiger partial charge in [0.15, 0.2) is 0 Å². The summed E-state index contributed by atoms with van der Waals surface area (Å²) in [6.07, 6.45) is 4.70. The lowest BCUT2D eigenvalue weighted by molar-refractivity contribution is 0.280. The minimum atomic E-state index is 0.928. The largest absolute Gasteiger partial charge is 0.299 e. The molecule has 0 saturated carbocycles. The fraction of sp³-hybridized carbons (Fsp3) is 0.429. The summed E-state index contributed by atoms with van der Waals surface area (Å²) in [7, 11) is 0. The molecule has 0 fully saturated rings. The number of aromatic nitrogens is 2. The summed E-state index contributed by atoms with van der Waals surface area (Å²) >= 11 is 0. The molecule has 3 aromatic rings. The van der Waals surface area contributed by atoms with Crippen LogP contribution in [0.15, 0.2) is 67.0 Å². The molecule has 170 valence electrons. The van der Waals surface area contributed by atoms with E-state index in [0.29, 0.717) is 0 Å². The molecular weight excluding hydrogens is 378 g/mol. The Morgan fingerprint density at radius 3 is 1.58 bits per heavy atom. The van der Waals surface area contributed by atoms with Gasteiger partial charge in [0.05, 0.1) is 11.4 Å². The Morgan fingerprint density at radius 1 is 0.645 bits per heavy atom. The third kappa shape index (κ3) is 9.44. The van der Waals surface area contributed by atoms with E-state index in [9.17, 15) is 0 Å². The van der Waals surface area contributed by atoms with Gasteiger partial charge in [-0.1, -0.05) is 110 Å². The van der Waals surface area contributed by atoms with Gasteiger partial charge in [0.25, 0.3) is 0 Å². The molecule has 0 radical (unpaired) electrons. The Labute approximate surface area is 191 Å². The van der Waals surface area contributed by atoms with Gasteiger partial charge in [0, 0.05) is 30.1 Å². The zero-order valence-corrected chi connectivity index (χ0v) is 21.0. The van der Waals surface area contributed by atoms with E-state index in [2.05, 4.69) is 65.1 Å². The third-order valence-corrected chi connectivity index (χ3v) is 4.37.